The van der Waals surface area contributed by atoms with E-state index >= 15 is 0 Å². The lowest BCUT2D eigenvalue weighted by molar-refractivity contribution is -0.170. The molecule has 2 aliphatic rings. The molecular formula is C24H27F3N8O. The number of rotatable bonds is 4. The second-order valence-corrected chi connectivity index (χ2v) is 9.45. The fraction of sp³-hybridized carbons (Fsp3) is 0.500. The number of hydrogen-bond acceptors (Lipinski definition) is 7. The van der Waals surface area contributed by atoms with E-state index in [2.05, 4.69) is 9.88 Å². The van der Waals surface area contributed by atoms with Gasteiger partial charge >= 0.3 is 6.18 Å². The van der Waals surface area contributed by atoms with Gasteiger partial charge < -0.3 is 14.2 Å². The molecule has 0 bridgehead atoms. The molecule has 0 aliphatic carbocycles. The number of hydrogen-bond donors (Lipinski definition) is 0. The van der Waals surface area contributed by atoms with Gasteiger partial charge in [-0.2, -0.15) is 23.1 Å². The lowest BCUT2D eigenvalue weighted by Gasteiger charge is -2.28. The molecule has 36 heavy (non-hydrogen) atoms. The van der Waals surface area contributed by atoms with Crippen molar-refractivity contribution >= 4 is 28.0 Å². The van der Waals surface area contributed by atoms with Crippen LogP contribution in [0.5, 0.6) is 0 Å². The van der Waals surface area contributed by atoms with Crippen LogP contribution in [0.3, 0.4) is 0 Å². The number of nitrogens with zero attached hydrogens (tertiary/aromatic N) is 8. The molecule has 3 aromatic heterocycles. The smallest absolute Gasteiger partial charge is 0.378 e. The highest BCUT2D eigenvalue weighted by Crippen LogP contribution is 2.34. The second kappa shape index (κ2) is 8.70. The van der Waals surface area contributed by atoms with Crippen molar-refractivity contribution < 1.29 is 17.9 Å². The first-order valence-electron chi connectivity index (χ1n) is 12.1. The molecule has 0 amide bonds. The number of aromatic nitrogens is 6. The Kier molecular flexibility index (Phi) is 5.60. The van der Waals surface area contributed by atoms with Crippen LogP contribution in [0.4, 0.5) is 19.0 Å². The molecule has 1 aromatic carbocycles. The molecule has 9 nitrogen and oxygen atoms in total. The van der Waals surface area contributed by atoms with Gasteiger partial charge in [-0.3, -0.25) is 9.47 Å². The number of likely N-dealkylation sites (tertiary alicyclic amines) is 1. The van der Waals surface area contributed by atoms with E-state index in [4.69, 9.17) is 19.7 Å². The number of alkyl halides is 3. The fourth-order valence-corrected chi connectivity index (χ4v) is 5.16. The van der Waals surface area contributed by atoms with Crippen LogP contribution >= 0.6 is 0 Å². The van der Waals surface area contributed by atoms with Gasteiger partial charge in [-0.05, 0) is 32.0 Å². The summed E-state index contributed by atoms with van der Waals surface area (Å²) in [6.45, 7) is 5.12. The van der Waals surface area contributed by atoms with Crippen LogP contribution in [-0.4, -0.2) is 79.5 Å². The topological polar surface area (TPSA) is 77.1 Å². The molecule has 1 unspecified atom stereocenters. The number of para-hydroxylation sites is 2. The highest BCUT2D eigenvalue weighted by atomic mass is 19.4. The number of benzene rings is 1. The molecule has 2 fully saturated rings. The summed E-state index contributed by atoms with van der Waals surface area (Å²) < 4.78 is 49.0. The van der Waals surface area contributed by atoms with Gasteiger partial charge in [0.05, 0.1) is 36.7 Å². The van der Waals surface area contributed by atoms with Gasteiger partial charge in [0, 0.05) is 26.7 Å². The number of halogens is 3. The largest absolute Gasteiger partial charge is 0.393 e. The number of ether oxygens (including phenoxy) is 1. The van der Waals surface area contributed by atoms with Crippen LogP contribution in [0, 0.1) is 12.8 Å². The lowest BCUT2D eigenvalue weighted by atomic mass is 10.1. The number of fused-ring (bicyclic) bond motifs is 2. The standard InChI is InChI=1S/C24H27F3N8O/c1-15-28-17-5-3-4-6-18(17)35(15)23-30-21-20(22(31-23)34-9-11-36-12-10-34)29-19(32(21)2)14-33-8-7-16(13-33)24(25,26)27/h3-6,16H,7-14H2,1-2H3. The van der Waals surface area contributed by atoms with Crippen molar-refractivity contribution in [3.05, 3.63) is 35.9 Å². The normalized spacial score (nSPS) is 19.7. The molecule has 190 valence electrons. The van der Waals surface area contributed by atoms with Crippen LogP contribution < -0.4 is 4.90 Å². The van der Waals surface area contributed by atoms with Gasteiger partial charge in [-0.25, -0.2) is 9.97 Å². The monoisotopic (exact) mass is 500 g/mol. The second-order valence-electron chi connectivity index (χ2n) is 9.45. The Hall–Kier alpha value is -3.25. The van der Waals surface area contributed by atoms with E-state index in [-0.39, 0.29) is 13.0 Å². The molecule has 6 rings (SSSR count). The molecule has 0 radical (unpaired) electrons. The van der Waals surface area contributed by atoms with Crippen LogP contribution in [0.25, 0.3) is 28.1 Å². The zero-order chi connectivity index (χ0) is 25.0. The van der Waals surface area contributed by atoms with E-state index < -0.39 is 12.1 Å². The van der Waals surface area contributed by atoms with Crippen LogP contribution in [0.15, 0.2) is 24.3 Å². The van der Waals surface area contributed by atoms with Crippen LogP contribution in [0.1, 0.15) is 18.1 Å². The van der Waals surface area contributed by atoms with E-state index in [9.17, 15) is 13.2 Å². The summed E-state index contributed by atoms with van der Waals surface area (Å²) in [5.74, 6) is 1.33. The lowest BCUT2D eigenvalue weighted by Crippen LogP contribution is -2.37. The minimum absolute atomic E-state index is 0.0137. The predicted molar refractivity (Wildman–Crippen MR) is 128 cm³/mol. The van der Waals surface area contributed by atoms with Crippen molar-refractivity contribution in [3.8, 4) is 5.95 Å². The Labute approximate surface area is 205 Å². The van der Waals surface area contributed by atoms with E-state index in [1.54, 1.807) is 0 Å². The Morgan fingerprint density at radius 3 is 2.56 bits per heavy atom. The Morgan fingerprint density at radius 1 is 1.03 bits per heavy atom. The Bertz CT molecular complexity index is 1420. The summed E-state index contributed by atoms with van der Waals surface area (Å²) in [5.41, 5.74) is 3.04. The van der Waals surface area contributed by atoms with E-state index in [0.29, 0.717) is 68.1 Å². The molecule has 0 spiro atoms. The first kappa shape index (κ1) is 23.2. The van der Waals surface area contributed by atoms with Crippen molar-refractivity contribution in [2.75, 3.05) is 44.3 Å². The molecule has 1 atom stereocenters. The van der Waals surface area contributed by atoms with Gasteiger partial charge in [0.1, 0.15) is 11.6 Å². The quantitative estimate of drug-likeness (QED) is 0.426. The molecule has 2 aliphatic heterocycles. The van der Waals surface area contributed by atoms with E-state index in [1.807, 2.05) is 52.3 Å². The average Bonchev–Trinajstić information content (AvgIpc) is 3.55. The molecule has 0 saturated carbocycles. The first-order chi connectivity index (χ1) is 17.3. The molecule has 5 heterocycles. The zero-order valence-corrected chi connectivity index (χ0v) is 20.2. The molecule has 0 N–H and O–H groups in total. The third-order valence-electron chi connectivity index (χ3n) is 7.12. The van der Waals surface area contributed by atoms with Crippen molar-refractivity contribution in [2.45, 2.75) is 26.1 Å². The maximum Gasteiger partial charge on any atom is 0.393 e. The number of morpholine rings is 1. The summed E-state index contributed by atoms with van der Waals surface area (Å²) in [6.07, 6.45) is -4.06. The van der Waals surface area contributed by atoms with Crippen molar-refractivity contribution in [1.29, 1.82) is 0 Å². The number of imidazole rings is 2. The van der Waals surface area contributed by atoms with Crippen LogP contribution in [-0.2, 0) is 18.3 Å². The third kappa shape index (κ3) is 3.97. The van der Waals surface area contributed by atoms with E-state index in [1.165, 1.54) is 0 Å². The minimum Gasteiger partial charge on any atom is -0.378 e. The zero-order valence-electron chi connectivity index (χ0n) is 20.2. The van der Waals surface area contributed by atoms with Gasteiger partial charge in [0.2, 0.25) is 5.95 Å². The fourth-order valence-electron chi connectivity index (χ4n) is 5.16. The highest BCUT2D eigenvalue weighted by molar-refractivity contribution is 5.86. The predicted octanol–water partition coefficient (Wildman–Crippen LogP) is 3.23. The third-order valence-corrected chi connectivity index (χ3v) is 7.12. The van der Waals surface area contributed by atoms with Crippen molar-refractivity contribution in [1.82, 2.24) is 34.0 Å². The Morgan fingerprint density at radius 2 is 1.81 bits per heavy atom. The average molecular weight is 501 g/mol. The summed E-state index contributed by atoms with van der Waals surface area (Å²) in [6, 6.07) is 7.83. The van der Waals surface area contributed by atoms with E-state index in [0.717, 1.165) is 16.9 Å². The van der Waals surface area contributed by atoms with Gasteiger partial charge in [-0.15, -0.1) is 0 Å². The minimum atomic E-state index is -4.17. The van der Waals surface area contributed by atoms with Crippen LogP contribution in [0.2, 0.25) is 0 Å². The molecule has 4 aromatic rings. The van der Waals surface area contributed by atoms with Gasteiger partial charge in [0.15, 0.2) is 17.0 Å². The summed E-state index contributed by atoms with van der Waals surface area (Å²) >= 11 is 0. The maximum absolute atomic E-state index is 13.2. The first-order valence-corrected chi connectivity index (χ1v) is 12.1. The van der Waals surface area contributed by atoms with Gasteiger partial charge in [-0.1, -0.05) is 12.1 Å². The molecule has 12 heteroatoms. The molecular weight excluding hydrogens is 473 g/mol. The van der Waals surface area contributed by atoms with Gasteiger partial charge in [0.25, 0.3) is 0 Å². The number of anilines is 1. The summed E-state index contributed by atoms with van der Waals surface area (Å²) in [7, 11) is 1.86. The Balaban J connectivity index is 1.45. The number of aryl methyl sites for hydroxylation is 2. The highest BCUT2D eigenvalue weighted by Gasteiger charge is 2.43. The maximum atomic E-state index is 13.2. The summed E-state index contributed by atoms with van der Waals surface area (Å²) in [5, 5.41) is 0. The SMILES string of the molecule is Cc1nc2ccccc2n1-c1nc(N2CCOCC2)c2nc(CN3CCC(C(F)(F)F)C3)n(C)c2n1. The van der Waals surface area contributed by atoms with Crippen molar-refractivity contribution in [3.63, 3.8) is 0 Å². The molecule has 2 saturated heterocycles. The van der Waals surface area contributed by atoms with Crippen molar-refractivity contribution in [2.24, 2.45) is 13.0 Å². The summed E-state index contributed by atoms with van der Waals surface area (Å²) in [4.78, 5) is 23.3.